The summed E-state index contributed by atoms with van der Waals surface area (Å²) in [5, 5.41) is 1.86. The fourth-order valence-corrected chi connectivity index (χ4v) is 2.91. The van der Waals surface area contributed by atoms with Gasteiger partial charge in [0.1, 0.15) is 4.88 Å². The molecule has 1 aliphatic rings. The van der Waals surface area contributed by atoms with E-state index in [1.807, 2.05) is 10.3 Å². The number of ether oxygens (including phenoxy) is 1. The number of methoxy groups -OCH3 is 1. The van der Waals surface area contributed by atoms with Gasteiger partial charge >= 0.3 is 0 Å². The van der Waals surface area contributed by atoms with E-state index in [0.29, 0.717) is 29.6 Å². The van der Waals surface area contributed by atoms with Gasteiger partial charge in [0, 0.05) is 19.7 Å². The van der Waals surface area contributed by atoms with Gasteiger partial charge in [0.2, 0.25) is 0 Å². The molecule has 100 valence electrons. The van der Waals surface area contributed by atoms with Crippen molar-refractivity contribution in [3.8, 4) is 0 Å². The molecule has 1 fully saturated rings. The lowest BCUT2D eigenvalue weighted by Gasteiger charge is -2.29. The number of carbonyl (C=O) groups is 1. The van der Waals surface area contributed by atoms with Crippen LogP contribution in [0.5, 0.6) is 0 Å². The summed E-state index contributed by atoms with van der Waals surface area (Å²) in [6, 6.07) is 2.06. The highest BCUT2D eigenvalue weighted by Gasteiger charge is 2.35. The fraction of sp³-hybridized carbons (Fsp3) is 0.615. The molecule has 1 amide bonds. The molecule has 5 heteroatoms. The van der Waals surface area contributed by atoms with E-state index in [1.54, 1.807) is 13.2 Å². The van der Waals surface area contributed by atoms with Crippen LogP contribution in [0.2, 0.25) is 0 Å². The van der Waals surface area contributed by atoms with E-state index in [4.69, 9.17) is 10.5 Å². The number of thiophene rings is 1. The summed E-state index contributed by atoms with van der Waals surface area (Å²) in [6.45, 7) is 3.31. The lowest BCUT2D eigenvalue weighted by molar-refractivity contribution is 0.0600. The van der Waals surface area contributed by atoms with E-state index in [1.165, 1.54) is 24.2 Å². The predicted molar refractivity (Wildman–Crippen MR) is 73.8 cm³/mol. The third kappa shape index (κ3) is 2.84. The van der Waals surface area contributed by atoms with Crippen molar-refractivity contribution in [2.45, 2.75) is 25.8 Å². The monoisotopic (exact) mass is 268 g/mol. The quantitative estimate of drug-likeness (QED) is 0.860. The van der Waals surface area contributed by atoms with Crippen molar-refractivity contribution >= 4 is 22.9 Å². The molecule has 1 saturated carbocycles. The van der Waals surface area contributed by atoms with E-state index in [0.717, 1.165) is 0 Å². The van der Waals surface area contributed by atoms with Gasteiger partial charge in [-0.1, -0.05) is 0 Å². The minimum Gasteiger partial charge on any atom is -0.397 e. The van der Waals surface area contributed by atoms with Crippen LogP contribution < -0.4 is 5.73 Å². The zero-order valence-corrected chi connectivity index (χ0v) is 11.7. The second-order valence-electron chi connectivity index (χ2n) is 4.77. The van der Waals surface area contributed by atoms with Crippen molar-refractivity contribution in [1.82, 2.24) is 4.90 Å². The van der Waals surface area contributed by atoms with Gasteiger partial charge in [0.05, 0.1) is 12.3 Å². The number of anilines is 1. The molecule has 1 aromatic rings. The molecule has 0 bridgehead atoms. The first-order valence-electron chi connectivity index (χ1n) is 6.28. The van der Waals surface area contributed by atoms with Gasteiger partial charge in [-0.05, 0) is 37.1 Å². The molecule has 0 radical (unpaired) electrons. The van der Waals surface area contributed by atoms with E-state index in [9.17, 15) is 4.79 Å². The normalized spacial score (nSPS) is 16.6. The zero-order valence-electron chi connectivity index (χ0n) is 10.9. The average Bonchev–Trinajstić information content (AvgIpc) is 3.12. The Balaban J connectivity index is 2.12. The zero-order chi connectivity index (χ0) is 13.1. The molecule has 1 heterocycles. The Bertz CT molecular complexity index is 415. The standard InChI is InChI=1S/C13H20N2O2S/c1-9(10-3-4-10)15(6-7-17-2)13(16)12-11(14)5-8-18-12/h5,8-10H,3-4,6-7,14H2,1-2H3. The van der Waals surface area contributed by atoms with Crippen LogP contribution in [-0.4, -0.2) is 37.1 Å². The first-order chi connectivity index (χ1) is 8.65. The molecule has 1 aliphatic carbocycles. The molecule has 2 N–H and O–H groups in total. The smallest absolute Gasteiger partial charge is 0.266 e. The lowest BCUT2D eigenvalue weighted by Crippen LogP contribution is -2.41. The van der Waals surface area contributed by atoms with Gasteiger partial charge in [-0.25, -0.2) is 0 Å². The van der Waals surface area contributed by atoms with E-state index >= 15 is 0 Å². The number of amides is 1. The van der Waals surface area contributed by atoms with E-state index < -0.39 is 0 Å². The summed E-state index contributed by atoms with van der Waals surface area (Å²) in [4.78, 5) is 15.1. The van der Waals surface area contributed by atoms with Gasteiger partial charge in [0.15, 0.2) is 0 Å². The summed E-state index contributed by atoms with van der Waals surface area (Å²) in [5.74, 6) is 0.686. The van der Waals surface area contributed by atoms with Gasteiger partial charge < -0.3 is 15.4 Å². The number of nitrogen functional groups attached to an aromatic ring is 1. The summed E-state index contributed by atoms with van der Waals surface area (Å²) < 4.78 is 5.10. The van der Waals surface area contributed by atoms with Gasteiger partial charge in [-0.2, -0.15) is 0 Å². The molecular formula is C13H20N2O2S. The fourth-order valence-electron chi connectivity index (χ4n) is 2.14. The van der Waals surface area contributed by atoms with Crippen molar-refractivity contribution < 1.29 is 9.53 Å². The van der Waals surface area contributed by atoms with Gasteiger partial charge in [-0.15, -0.1) is 11.3 Å². The van der Waals surface area contributed by atoms with Crippen LogP contribution in [0.3, 0.4) is 0 Å². The summed E-state index contributed by atoms with van der Waals surface area (Å²) >= 11 is 1.41. The number of nitrogens with two attached hydrogens (primary N) is 1. The third-order valence-corrected chi connectivity index (χ3v) is 4.40. The molecule has 0 saturated heterocycles. The van der Waals surface area contributed by atoms with E-state index in [-0.39, 0.29) is 11.9 Å². The van der Waals surface area contributed by atoms with Gasteiger partial charge in [-0.3, -0.25) is 4.79 Å². The molecule has 0 aromatic carbocycles. The highest BCUT2D eigenvalue weighted by atomic mass is 32.1. The van der Waals surface area contributed by atoms with Crippen LogP contribution >= 0.6 is 11.3 Å². The summed E-state index contributed by atoms with van der Waals surface area (Å²) in [5.41, 5.74) is 6.41. The van der Waals surface area contributed by atoms with Crippen LogP contribution in [0.15, 0.2) is 11.4 Å². The van der Waals surface area contributed by atoms with Crippen LogP contribution in [-0.2, 0) is 4.74 Å². The number of rotatable bonds is 6. The Morgan fingerprint density at radius 3 is 2.89 bits per heavy atom. The SMILES string of the molecule is COCCN(C(=O)c1sccc1N)C(C)C1CC1. The number of hydrogen-bond donors (Lipinski definition) is 1. The molecule has 2 rings (SSSR count). The number of carbonyl (C=O) groups excluding carboxylic acids is 1. The van der Waals surface area contributed by atoms with Crippen LogP contribution in [0, 0.1) is 5.92 Å². The third-order valence-electron chi connectivity index (χ3n) is 3.48. The number of nitrogens with zero attached hydrogens (tertiary/aromatic N) is 1. The molecule has 0 spiro atoms. The maximum atomic E-state index is 12.5. The van der Waals surface area contributed by atoms with Crippen molar-refractivity contribution in [3.63, 3.8) is 0 Å². The van der Waals surface area contributed by atoms with Crippen molar-refractivity contribution in [3.05, 3.63) is 16.3 Å². The van der Waals surface area contributed by atoms with E-state index in [2.05, 4.69) is 6.92 Å². The van der Waals surface area contributed by atoms with Crippen molar-refractivity contribution in [2.24, 2.45) is 5.92 Å². The average molecular weight is 268 g/mol. The molecule has 1 unspecified atom stereocenters. The van der Waals surface area contributed by atoms with Crippen LogP contribution in [0.1, 0.15) is 29.4 Å². The Labute approximate surface area is 112 Å². The molecule has 1 aromatic heterocycles. The predicted octanol–water partition coefficient (Wildman–Crippen LogP) is 2.22. The van der Waals surface area contributed by atoms with Crippen LogP contribution in [0.4, 0.5) is 5.69 Å². The molecule has 1 atom stereocenters. The Kier molecular flexibility index (Phi) is 4.24. The minimum absolute atomic E-state index is 0.0407. The molecular weight excluding hydrogens is 248 g/mol. The molecule has 4 nitrogen and oxygen atoms in total. The second-order valence-corrected chi connectivity index (χ2v) is 5.69. The Morgan fingerprint density at radius 1 is 1.67 bits per heavy atom. The van der Waals surface area contributed by atoms with Crippen LogP contribution in [0.25, 0.3) is 0 Å². The second kappa shape index (κ2) is 5.71. The lowest BCUT2D eigenvalue weighted by atomic mass is 10.1. The maximum Gasteiger partial charge on any atom is 0.266 e. The van der Waals surface area contributed by atoms with Gasteiger partial charge in [0.25, 0.3) is 5.91 Å². The first kappa shape index (κ1) is 13.4. The Hall–Kier alpha value is -1.07. The molecule has 0 aliphatic heterocycles. The van der Waals surface area contributed by atoms with Crippen molar-refractivity contribution in [2.75, 3.05) is 26.0 Å². The largest absolute Gasteiger partial charge is 0.397 e. The first-order valence-corrected chi connectivity index (χ1v) is 7.16. The molecule has 18 heavy (non-hydrogen) atoms. The minimum atomic E-state index is 0.0407. The summed E-state index contributed by atoms with van der Waals surface area (Å²) in [6.07, 6.45) is 2.44. The topological polar surface area (TPSA) is 55.6 Å². The summed E-state index contributed by atoms with van der Waals surface area (Å²) in [7, 11) is 1.66. The van der Waals surface area contributed by atoms with Crippen molar-refractivity contribution in [1.29, 1.82) is 0 Å². The highest BCUT2D eigenvalue weighted by molar-refractivity contribution is 7.12. The maximum absolute atomic E-state index is 12.5. The highest BCUT2D eigenvalue weighted by Crippen LogP contribution is 2.36. The Morgan fingerprint density at radius 2 is 2.39 bits per heavy atom. The number of hydrogen-bond acceptors (Lipinski definition) is 4.